The smallest absolute Gasteiger partial charge is 0.410 e. The van der Waals surface area contributed by atoms with E-state index in [1.165, 1.54) is 16.7 Å². The summed E-state index contributed by atoms with van der Waals surface area (Å²) < 4.78 is 6.47. The maximum Gasteiger partial charge on any atom is 0.410 e. The lowest BCUT2D eigenvalue weighted by Gasteiger charge is -2.40. The van der Waals surface area contributed by atoms with Crippen LogP contribution in [0.5, 0.6) is 0 Å². The minimum absolute atomic E-state index is 0.221. The monoisotopic (exact) mass is 368 g/mol. The molecule has 0 saturated carbocycles. The molecular weight excluding hydrogens is 344 g/mol. The molecule has 1 fully saturated rings. The fourth-order valence-electron chi connectivity index (χ4n) is 2.55. The van der Waals surface area contributed by atoms with Gasteiger partial charge in [0.15, 0.2) is 0 Å². The van der Waals surface area contributed by atoms with Gasteiger partial charge < -0.3 is 15.0 Å². The molecule has 1 saturated heterocycles. The molecule has 1 heterocycles. The highest BCUT2D eigenvalue weighted by molar-refractivity contribution is 9.10. The lowest BCUT2D eigenvalue weighted by molar-refractivity contribution is 0.00517. The molecule has 0 radical (unpaired) electrons. The van der Waals surface area contributed by atoms with Crippen molar-refractivity contribution in [3.63, 3.8) is 0 Å². The maximum atomic E-state index is 11.9. The summed E-state index contributed by atoms with van der Waals surface area (Å²) in [4.78, 5) is 13.6. The molecule has 1 aromatic carbocycles. The highest BCUT2D eigenvalue weighted by Gasteiger charge is 2.33. The number of amides is 1. The van der Waals surface area contributed by atoms with Gasteiger partial charge in [-0.3, -0.25) is 0 Å². The van der Waals surface area contributed by atoms with Gasteiger partial charge in [-0.15, -0.1) is 0 Å². The predicted molar refractivity (Wildman–Crippen MR) is 92.1 cm³/mol. The quantitative estimate of drug-likeness (QED) is 0.882. The summed E-state index contributed by atoms with van der Waals surface area (Å²) in [6.07, 6.45) is -0.221. The molecule has 0 bridgehead atoms. The Hall–Kier alpha value is -1.07. The first-order valence-electron chi connectivity index (χ1n) is 7.62. The zero-order chi connectivity index (χ0) is 16.5. The van der Waals surface area contributed by atoms with Crippen LogP contribution in [0.1, 0.15) is 37.5 Å². The Balaban J connectivity index is 1.81. The topological polar surface area (TPSA) is 41.6 Å². The highest BCUT2D eigenvalue weighted by atomic mass is 79.9. The van der Waals surface area contributed by atoms with E-state index in [4.69, 9.17) is 4.74 Å². The molecule has 0 aliphatic carbocycles. The van der Waals surface area contributed by atoms with Crippen LogP contribution in [-0.2, 0) is 11.3 Å². The van der Waals surface area contributed by atoms with E-state index < -0.39 is 5.60 Å². The van der Waals surface area contributed by atoms with E-state index in [2.05, 4.69) is 47.2 Å². The van der Waals surface area contributed by atoms with E-state index in [1.807, 2.05) is 20.8 Å². The number of aryl methyl sites for hydroxylation is 2. The summed E-state index contributed by atoms with van der Waals surface area (Å²) in [5.74, 6) is 0. The first kappa shape index (κ1) is 17.3. The molecule has 1 N–H and O–H groups in total. The Labute approximate surface area is 141 Å². The molecule has 1 amide bonds. The van der Waals surface area contributed by atoms with Crippen molar-refractivity contribution in [1.82, 2.24) is 10.2 Å². The van der Waals surface area contributed by atoms with Gasteiger partial charge in [0.25, 0.3) is 0 Å². The summed E-state index contributed by atoms with van der Waals surface area (Å²) in [5, 5.41) is 3.52. The lowest BCUT2D eigenvalue weighted by Crippen LogP contribution is -2.60. The molecule has 5 heteroatoms. The zero-order valence-electron chi connectivity index (χ0n) is 14.0. The van der Waals surface area contributed by atoms with Crippen LogP contribution in [0.25, 0.3) is 0 Å². The molecule has 0 unspecified atom stereocenters. The number of hydrogen-bond acceptors (Lipinski definition) is 3. The van der Waals surface area contributed by atoms with Crippen molar-refractivity contribution in [3.05, 3.63) is 33.3 Å². The van der Waals surface area contributed by atoms with Crippen LogP contribution in [0.4, 0.5) is 4.79 Å². The van der Waals surface area contributed by atoms with Gasteiger partial charge in [0.05, 0.1) is 0 Å². The van der Waals surface area contributed by atoms with Crippen LogP contribution in [-0.4, -0.2) is 35.7 Å². The van der Waals surface area contributed by atoms with E-state index >= 15 is 0 Å². The van der Waals surface area contributed by atoms with Gasteiger partial charge in [-0.1, -0.05) is 15.9 Å². The van der Waals surface area contributed by atoms with Crippen molar-refractivity contribution >= 4 is 22.0 Å². The Kier molecular flexibility index (Phi) is 5.17. The molecule has 1 aromatic rings. The van der Waals surface area contributed by atoms with Gasteiger partial charge >= 0.3 is 6.09 Å². The van der Waals surface area contributed by atoms with Crippen molar-refractivity contribution in [2.75, 3.05) is 13.1 Å². The van der Waals surface area contributed by atoms with Crippen LogP contribution in [0, 0.1) is 13.8 Å². The van der Waals surface area contributed by atoms with Crippen LogP contribution < -0.4 is 5.32 Å². The third-order valence-corrected chi connectivity index (χ3v) is 4.22. The van der Waals surface area contributed by atoms with Crippen molar-refractivity contribution in [3.8, 4) is 0 Å². The predicted octanol–water partition coefficient (Wildman–Crippen LogP) is 3.77. The minimum atomic E-state index is -0.429. The number of nitrogens with zero attached hydrogens (tertiary/aromatic N) is 1. The number of nitrogens with one attached hydrogen (secondary N) is 1. The van der Waals surface area contributed by atoms with E-state index in [0.717, 1.165) is 11.0 Å². The molecule has 1 aliphatic rings. The largest absolute Gasteiger partial charge is 0.444 e. The van der Waals surface area contributed by atoms with Gasteiger partial charge in [0.2, 0.25) is 0 Å². The number of benzene rings is 1. The summed E-state index contributed by atoms with van der Waals surface area (Å²) in [6, 6.07) is 4.62. The molecule has 4 nitrogen and oxygen atoms in total. The SMILES string of the molecule is Cc1cc(Br)cc(C)c1CNC1CN(C(=O)OC(C)(C)C)C1. The van der Waals surface area contributed by atoms with Gasteiger partial charge in [-0.25, -0.2) is 4.79 Å². The summed E-state index contributed by atoms with van der Waals surface area (Å²) in [7, 11) is 0. The second kappa shape index (κ2) is 6.59. The molecule has 22 heavy (non-hydrogen) atoms. The van der Waals surface area contributed by atoms with Crippen LogP contribution in [0.15, 0.2) is 16.6 Å². The number of halogens is 1. The summed E-state index contributed by atoms with van der Waals surface area (Å²) >= 11 is 3.52. The zero-order valence-corrected chi connectivity index (χ0v) is 15.6. The number of hydrogen-bond donors (Lipinski definition) is 1. The van der Waals surface area contributed by atoms with E-state index in [1.54, 1.807) is 4.90 Å². The fourth-order valence-corrected chi connectivity index (χ4v) is 3.24. The number of rotatable bonds is 3. The number of likely N-dealkylation sites (tertiary alicyclic amines) is 1. The van der Waals surface area contributed by atoms with Gasteiger partial charge in [0, 0.05) is 30.1 Å². The second-order valence-corrected chi connectivity index (χ2v) is 7.90. The average molecular weight is 369 g/mol. The first-order chi connectivity index (χ1) is 10.2. The van der Waals surface area contributed by atoms with Crippen LogP contribution in [0.2, 0.25) is 0 Å². The average Bonchev–Trinajstić information content (AvgIpc) is 2.27. The molecular formula is C17H25BrN2O2. The Morgan fingerprint density at radius 2 is 1.86 bits per heavy atom. The Morgan fingerprint density at radius 3 is 2.36 bits per heavy atom. The first-order valence-corrected chi connectivity index (χ1v) is 8.42. The van der Waals surface area contributed by atoms with Gasteiger partial charge in [0.1, 0.15) is 5.60 Å². The van der Waals surface area contributed by atoms with Crippen molar-refractivity contribution in [2.24, 2.45) is 0 Å². The molecule has 2 rings (SSSR count). The Bertz CT molecular complexity index is 537. The van der Waals surface area contributed by atoms with Gasteiger partial charge in [-0.05, 0) is 63.4 Å². The maximum absolute atomic E-state index is 11.9. The van der Waals surface area contributed by atoms with Crippen LogP contribution in [0.3, 0.4) is 0 Å². The molecule has 122 valence electrons. The third kappa shape index (κ3) is 4.46. The van der Waals surface area contributed by atoms with Crippen LogP contribution >= 0.6 is 15.9 Å². The third-order valence-electron chi connectivity index (χ3n) is 3.76. The van der Waals surface area contributed by atoms with Crippen molar-refractivity contribution in [2.45, 2.75) is 52.8 Å². The molecule has 0 atom stereocenters. The van der Waals surface area contributed by atoms with Crippen molar-refractivity contribution in [1.29, 1.82) is 0 Å². The van der Waals surface area contributed by atoms with Gasteiger partial charge in [-0.2, -0.15) is 0 Å². The minimum Gasteiger partial charge on any atom is -0.444 e. The van der Waals surface area contributed by atoms with E-state index in [-0.39, 0.29) is 6.09 Å². The highest BCUT2D eigenvalue weighted by Crippen LogP contribution is 2.21. The number of carbonyl (C=O) groups is 1. The molecule has 1 aliphatic heterocycles. The standard InChI is InChI=1S/C17H25BrN2O2/c1-11-6-13(18)7-12(2)15(11)8-19-14-9-20(10-14)16(21)22-17(3,4)5/h6-7,14,19H,8-10H2,1-5H3. The summed E-state index contributed by atoms with van der Waals surface area (Å²) in [5.41, 5.74) is 3.46. The molecule has 0 aromatic heterocycles. The summed E-state index contributed by atoms with van der Waals surface area (Å²) in [6.45, 7) is 12.2. The van der Waals surface area contributed by atoms with E-state index in [0.29, 0.717) is 19.1 Å². The second-order valence-electron chi connectivity index (χ2n) is 6.98. The lowest BCUT2D eigenvalue weighted by atomic mass is 10.0. The van der Waals surface area contributed by atoms with E-state index in [9.17, 15) is 4.79 Å². The Morgan fingerprint density at radius 1 is 1.32 bits per heavy atom. The molecule has 0 spiro atoms. The number of carbonyl (C=O) groups excluding carboxylic acids is 1. The normalized spacial score (nSPS) is 15.6. The van der Waals surface area contributed by atoms with Crippen molar-refractivity contribution < 1.29 is 9.53 Å². The fraction of sp³-hybridized carbons (Fsp3) is 0.588. The number of ether oxygens (including phenoxy) is 1.